The number of unbranched alkanes of at least 4 members (excludes halogenated alkanes) is 3. The van der Waals surface area contributed by atoms with Gasteiger partial charge in [-0.1, -0.05) is 137 Å². The van der Waals surface area contributed by atoms with Crippen molar-refractivity contribution >= 4 is 43.1 Å². The van der Waals surface area contributed by atoms with Gasteiger partial charge in [0.05, 0.1) is 19.8 Å². The second kappa shape index (κ2) is 17.2. The molecule has 0 aliphatic heterocycles. The lowest BCUT2D eigenvalue weighted by atomic mass is 9.83. The lowest BCUT2D eigenvalue weighted by molar-refractivity contribution is 0.238. The molecule has 7 aromatic carbocycles. The molecule has 59 heavy (non-hydrogen) atoms. The summed E-state index contributed by atoms with van der Waals surface area (Å²) in [6.45, 7) is 8.30. The van der Waals surface area contributed by atoms with Crippen LogP contribution in [-0.2, 0) is 0 Å². The minimum Gasteiger partial charge on any atom is -0.489 e. The number of rotatable bonds is 16. The average molecular weight is 777 g/mol. The summed E-state index contributed by atoms with van der Waals surface area (Å²) in [5.41, 5.74) is 8.80. The van der Waals surface area contributed by atoms with Gasteiger partial charge in [-0.2, -0.15) is 0 Å². The van der Waals surface area contributed by atoms with Crippen molar-refractivity contribution in [1.29, 1.82) is 0 Å². The van der Waals surface area contributed by atoms with Crippen LogP contribution in [0.3, 0.4) is 0 Å². The third-order valence-electron chi connectivity index (χ3n) is 11.6. The fourth-order valence-electron chi connectivity index (χ4n) is 8.76. The maximum absolute atomic E-state index is 7.06. The molecule has 0 aliphatic rings. The van der Waals surface area contributed by atoms with Crippen LogP contribution in [0.15, 0.2) is 140 Å². The van der Waals surface area contributed by atoms with E-state index in [1.54, 1.807) is 0 Å². The molecule has 9 rings (SSSR count). The average Bonchev–Trinajstić information content (AvgIpc) is 4.02. The third-order valence-corrected chi connectivity index (χ3v) is 11.6. The van der Waals surface area contributed by atoms with Crippen molar-refractivity contribution in [3.8, 4) is 62.0 Å². The van der Waals surface area contributed by atoms with Crippen molar-refractivity contribution in [2.24, 2.45) is 0 Å². The van der Waals surface area contributed by atoms with Gasteiger partial charge in [-0.15, -0.1) is 0 Å². The van der Waals surface area contributed by atoms with Crippen molar-refractivity contribution in [1.82, 2.24) is 9.97 Å². The highest BCUT2D eigenvalue weighted by Gasteiger charge is 2.29. The van der Waals surface area contributed by atoms with E-state index in [-0.39, 0.29) is 0 Å². The molecule has 0 spiro atoms. The van der Waals surface area contributed by atoms with Gasteiger partial charge in [0.15, 0.2) is 11.5 Å². The zero-order valence-electron chi connectivity index (χ0n) is 34.4. The van der Waals surface area contributed by atoms with Crippen LogP contribution < -0.4 is 14.2 Å². The quantitative estimate of drug-likeness (QED) is 0.0759. The van der Waals surface area contributed by atoms with E-state index >= 15 is 0 Å². The number of benzene rings is 7. The number of hydrogen-bond donors (Lipinski definition) is 2. The molecule has 0 saturated carbocycles. The van der Waals surface area contributed by atoms with E-state index in [0.717, 1.165) is 105 Å². The Hall–Kier alpha value is -6.46. The molecule has 2 heterocycles. The Labute approximate surface area is 347 Å². The van der Waals surface area contributed by atoms with Gasteiger partial charge in [-0.25, -0.2) is 0 Å². The fraction of sp³-hybridized carbons (Fsp3) is 0.222. The molecule has 2 N–H and O–H groups in total. The van der Waals surface area contributed by atoms with Crippen LogP contribution in [-0.4, -0.2) is 29.8 Å². The summed E-state index contributed by atoms with van der Waals surface area (Å²) >= 11 is 0. The zero-order chi connectivity index (χ0) is 40.1. The van der Waals surface area contributed by atoms with Gasteiger partial charge in [0.25, 0.3) is 0 Å². The Balaban J connectivity index is 1.47. The van der Waals surface area contributed by atoms with Crippen LogP contribution in [0.25, 0.3) is 87.9 Å². The Morgan fingerprint density at radius 2 is 0.661 bits per heavy atom. The first-order valence-corrected chi connectivity index (χ1v) is 21.5. The monoisotopic (exact) mass is 776 g/mol. The Kier molecular flexibility index (Phi) is 11.1. The number of H-pyrrole nitrogens is 2. The SMILES string of the molecule is CCCCOc1c(-c2c3ccccc3c(-c3ccc[nH]3)c3ccccc23)cc(-c2c3ccccc3c(-c3ccc[nH]3)c3ccccc23)c(OCCCC)c1OCCCC. The van der Waals surface area contributed by atoms with E-state index in [4.69, 9.17) is 14.2 Å². The molecule has 296 valence electrons. The van der Waals surface area contributed by atoms with Gasteiger partial charge >= 0.3 is 0 Å². The molecular weight excluding hydrogens is 725 g/mol. The topological polar surface area (TPSA) is 59.3 Å². The first-order valence-electron chi connectivity index (χ1n) is 21.5. The normalized spacial score (nSPS) is 11.6. The van der Waals surface area contributed by atoms with E-state index in [0.29, 0.717) is 25.6 Å². The van der Waals surface area contributed by atoms with Gasteiger partial charge in [0.1, 0.15) is 0 Å². The van der Waals surface area contributed by atoms with Crippen LogP contribution in [0.1, 0.15) is 59.3 Å². The number of aromatic nitrogens is 2. The second-order valence-corrected chi connectivity index (χ2v) is 15.4. The minimum atomic E-state index is 0.550. The predicted octanol–water partition coefficient (Wildman–Crippen LogP) is 15.2. The molecule has 0 fully saturated rings. The van der Waals surface area contributed by atoms with E-state index in [1.807, 2.05) is 12.4 Å². The predicted molar refractivity (Wildman–Crippen MR) is 248 cm³/mol. The molecule has 0 aliphatic carbocycles. The number of aromatic amines is 2. The summed E-state index contributed by atoms with van der Waals surface area (Å²) in [6.07, 6.45) is 9.81. The van der Waals surface area contributed by atoms with E-state index in [2.05, 4.69) is 158 Å². The summed E-state index contributed by atoms with van der Waals surface area (Å²) < 4.78 is 21.2. The maximum atomic E-state index is 7.06. The Morgan fingerprint density at radius 3 is 0.949 bits per heavy atom. The van der Waals surface area contributed by atoms with Crippen molar-refractivity contribution in [2.75, 3.05) is 19.8 Å². The Bertz CT molecular complexity index is 2570. The summed E-state index contributed by atoms with van der Waals surface area (Å²) in [4.78, 5) is 7.06. The molecule has 0 amide bonds. The molecule has 0 radical (unpaired) electrons. The summed E-state index contributed by atoms with van der Waals surface area (Å²) in [6, 6.07) is 46.1. The molecule has 0 unspecified atom stereocenters. The summed E-state index contributed by atoms with van der Waals surface area (Å²) in [5, 5.41) is 9.30. The van der Waals surface area contributed by atoms with E-state index in [9.17, 15) is 0 Å². The Morgan fingerprint density at radius 1 is 0.356 bits per heavy atom. The fourth-order valence-corrected chi connectivity index (χ4v) is 8.76. The van der Waals surface area contributed by atoms with Gasteiger partial charge in [-0.3, -0.25) is 0 Å². The lowest BCUT2D eigenvalue weighted by Gasteiger charge is -2.26. The summed E-state index contributed by atoms with van der Waals surface area (Å²) in [7, 11) is 0. The zero-order valence-corrected chi connectivity index (χ0v) is 34.4. The molecule has 5 heteroatoms. The van der Waals surface area contributed by atoms with E-state index in [1.165, 1.54) is 32.7 Å². The van der Waals surface area contributed by atoms with Crippen LogP contribution >= 0.6 is 0 Å². The van der Waals surface area contributed by atoms with Crippen LogP contribution in [0.5, 0.6) is 17.2 Å². The number of fused-ring (bicyclic) bond motifs is 4. The van der Waals surface area contributed by atoms with Crippen LogP contribution in [0.2, 0.25) is 0 Å². The van der Waals surface area contributed by atoms with Gasteiger partial charge in [0, 0.05) is 57.2 Å². The molecule has 0 saturated heterocycles. The highest BCUT2D eigenvalue weighted by Crippen LogP contribution is 2.56. The lowest BCUT2D eigenvalue weighted by Crippen LogP contribution is -2.09. The van der Waals surface area contributed by atoms with Crippen molar-refractivity contribution < 1.29 is 14.2 Å². The number of nitrogens with one attached hydrogen (secondary N) is 2. The van der Waals surface area contributed by atoms with Crippen molar-refractivity contribution in [3.05, 3.63) is 140 Å². The van der Waals surface area contributed by atoms with E-state index < -0.39 is 0 Å². The summed E-state index contributed by atoms with van der Waals surface area (Å²) in [5.74, 6) is 2.16. The molecule has 5 nitrogen and oxygen atoms in total. The first-order chi connectivity index (χ1) is 29.2. The minimum absolute atomic E-state index is 0.550. The smallest absolute Gasteiger partial charge is 0.204 e. The van der Waals surface area contributed by atoms with Crippen molar-refractivity contribution in [2.45, 2.75) is 59.3 Å². The second-order valence-electron chi connectivity index (χ2n) is 15.4. The maximum Gasteiger partial charge on any atom is 0.204 e. The molecule has 0 bridgehead atoms. The molecular formula is C54H52N2O3. The molecule has 0 atom stereocenters. The largest absolute Gasteiger partial charge is 0.489 e. The van der Waals surface area contributed by atoms with Crippen LogP contribution in [0.4, 0.5) is 0 Å². The standard InChI is InChI=1S/C54H52N2O3/c1-4-7-32-57-52-44(48-36-20-10-14-24-40(36)50(46-28-18-30-55-46)41-25-15-11-21-37(41)48)35-45(53(58-33-8-5-2)54(52)59-34-9-6-3)49-38-22-12-16-26-42(38)51(47-29-19-31-56-47)43-27-17-13-23-39(43)49/h10-31,35,55-56H,4-9,32-34H2,1-3H3. The van der Waals surface area contributed by atoms with Crippen molar-refractivity contribution in [3.63, 3.8) is 0 Å². The third kappa shape index (κ3) is 6.99. The van der Waals surface area contributed by atoms with Crippen LogP contribution in [0, 0.1) is 0 Å². The number of hydrogen-bond acceptors (Lipinski definition) is 3. The highest BCUT2D eigenvalue weighted by atomic mass is 16.5. The molecule has 9 aromatic rings. The first kappa shape index (κ1) is 38.1. The van der Waals surface area contributed by atoms with Gasteiger partial charge in [-0.05, 0) is 92.7 Å². The van der Waals surface area contributed by atoms with Gasteiger partial charge < -0.3 is 24.2 Å². The number of ether oxygens (including phenoxy) is 3. The van der Waals surface area contributed by atoms with Gasteiger partial charge in [0.2, 0.25) is 5.75 Å². The highest BCUT2D eigenvalue weighted by molar-refractivity contribution is 6.24. The molecule has 2 aromatic heterocycles.